The van der Waals surface area contributed by atoms with Crippen LogP contribution in [0.2, 0.25) is 0 Å². The third-order valence-electron chi connectivity index (χ3n) is 6.66. The molecule has 8 heteroatoms. The SMILES string of the molecule is COc1ccc2c(Nc3cc(C)[nH]n3)nc(N[C@@H]3C[C@H]4CC5C[C@@H](C3)N54)nc2c1. The first kappa shape index (κ1) is 17.0. The summed E-state index contributed by atoms with van der Waals surface area (Å²) in [6, 6.07) is 10.6. The van der Waals surface area contributed by atoms with Crippen molar-refractivity contribution in [1.82, 2.24) is 25.1 Å². The van der Waals surface area contributed by atoms with E-state index in [0.717, 1.165) is 52.1 Å². The van der Waals surface area contributed by atoms with Crippen molar-refractivity contribution >= 4 is 28.5 Å². The quantitative estimate of drug-likeness (QED) is 0.615. The fourth-order valence-corrected chi connectivity index (χ4v) is 5.32. The molecule has 1 aromatic carbocycles. The zero-order valence-electron chi connectivity index (χ0n) is 16.6. The summed E-state index contributed by atoms with van der Waals surface area (Å²) < 4.78 is 5.40. The molecule has 4 atom stereocenters. The molecule has 29 heavy (non-hydrogen) atoms. The van der Waals surface area contributed by atoms with Crippen LogP contribution in [-0.2, 0) is 0 Å². The molecule has 0 spiro atoms. The topological polar surface area (TPSA) is 91.0 Å². The molecule has 1 unspecified atom stereocenters. The van der Waals surface area contributed by atoms with E-state index in [-0.39, 0.29) is 0 Å². The Labute approximate surface area is 169 Å². The number of nitrogens with one attached hydrogen (secondary N) is 3. The number of aromatic nitrogens is 4. The Balaban J connectivity index is 1.33. The molecule has 3 N–H and O–H groups in total. The summed E-state index contributed by atoms with van der Waals surface area (Å²) >= 11 is 0. The van der Waals surface area contributed by atoms with E-state index >= 15 is 0 Å². The van der Waals surface area contributed by atoms with Crippen molar-refractivity contribution in [2.45, 2.75) is 56.8 Å². The lowest BCUT2D eigenvalue weighted by atomic mass is 9.68. The van der Waals surface area contributed by atoms with Gasteiger partial charge in [-0.1, -0.05) is 0 Å². The predicted octanol–water partition coefficient (Wildman–Crippen LogP) is 3.20. The number of ether oxygens (including phenoxy) is 1. The zero-order valence-corrected chi connectivity index (χ0v) is 16.6. The second-order valence-electron chi connectivity index (χ2n) is 8.53. The average Bonchev–Trinajstić information content (AvgIpc) is 3.08. The van der Waals surface area contributed by atoms with Gasteiger partial charge < -0.3 is 15.4 Å². The fourth-order valence-electron chi connectivity index (χ4n) is 5.32. The van der Waals surface area contributed by atoms with Crippen LogP contribution in [-0.4, -0.2) is 56.3 Å². The minimum Gasteiger partial charge on any atom is -0.497 e. The van der Waals surface area contributed by atoms with Gasteiger partial charge in [0.15, 0.2) is 5.82 Å². The molecule has 0 amide bonds. The minimum atomic E-state index is 0.422. The Kier molecular flexibility index (Phi) is 3.71. The first-order valence-electron chi connectivity index (χ1n) is 10.3. The van der Waals surface area contributed by atoms with E-state index in [0.29, 0.717) is 12.0 Å². The summed E-state index contributed by atoms with van der Waals surface area (Å²) in [7, 11) is 1.67. The molecule has 2 aromatic heterocycles. The van der Waals surface area contributed by atoms with Gasteiger partial charge in [-0.05, 0) is 44.7 Å². The lowest BCUT2D eigenvalue weighted by Gasteiger charge is -2.66. The van der Waals surface area contributed by atoms with Crippen LogP contribution in [0.4, 0.5) is 17.6 Å². The van der Waals surface area contributed by atoms with Gasteiger partial charge in [0.2, 0.25) is 5.95 Å². The minimum absolute atomic E-state index is 0.422. The smallest absolute Gasteiger partial charge is 0.225 e. The number of piperidine rings is 2. The van der Waals surface area contributed by atoms with Gasteiger partial charge in [-0.3, -0.25) is 10.00 Å². The van der Waals surface area contributed by atoms with E-state index in [2.05, 4.69) is 25.7 Å². The summed E-state index contributed by atoms with van der Waals surface area (Å²) in [5.74, 6) is 2.94. The van der Waals surface area contributed by atoms with Gasteiger partial charge >= 0.3 is 0 Å². The van der Waals surface area contributed by atoms with E-state index < -0.39 is 0 Å². The molecule has 3 aliphatic rings. The van der Waals surface area contributed by atoms with Crippen LogP contribution < -0.4 is 15.4 Å². The molecule has 0 aliphatic carbocycles. The highest BCUT2D eigenvalue weighted by Crippen LogP contribution is 2.48. The Hall–Kier alpha value is -2.87. The molecular weight excluding hydrogens is 366 g/mol. The number of hydrogen-bond donors (Lipinski definition) is 3. The molecule has 3 aromatic rings. The third-order valence-corrected chi connectivity index (χ3v) is 6.66. The van der Waals surface area contributed by atoms with E-state index in [9.17, 15) is 0 Å². The van der Waals surface area contributed by atoms with Crippen molar-refractivity contribution < 1.29 is 4.74 Å². The number of benzene rings is 1. The van der Waals surface area contributed by atoms with Crippen LogP contribution in [0.3, 0.4) is 0 Å². The van der Waals surface area contributed by atoms with Gasteiger partial charge in [0.25, 0.3) is 0 Å². The maximum atomic E-state index is 5.40. The summed E-state index contributed by atoms with van der Waals surface area (Å²) in [5, 5.41) is 15.2. The number of fused-ring (bicyclic) bond motifs is 1. The lowest BCUT2D eigenvalue weighted by molar-refractivity contribution is -0.146. The normalized spacial score (nSPS) is 27.7. The third kappa shape index (κ3) is 2.81. The maximum absolute atomic E-state index is 5.40. The molecule has 0 radical (unpaired) electrons. The molecule has 150 valence electrons. The van der Waals surface area contributed by atoms with Gasteiger partial charge in [0.1, 0.15) is 11.6 Å². The first-order valence-corrected chi connectivity index (χ1v) is 10.3. The highest BCUT2D eigenvalue weighted by atomic mass is 16.5. The Morgan fingerprint density at radius 2 is 1.86 bits per heavy atom. The van der Waals surface area contributed by atoms with Crippen LogP contribution >= 0.6 is 0 Å². The van der Waals surface area contributed by atoms with Gasteiger partial charge in [0.05, 0.1) is 12.6 Å². The van der Waals surface area contributed by atoms with E-state index in [1.54, 1.807) is 7.11 Å². The summed E-state index contributed by atoms with van der Waals surface area (Å²) in [6.07, 6.45) is 5.06. The number of methoxy groups -OCH3 is 1. The highest BCUT2D eigenvalue weighted by molar-refractivity contribution is 5.92. The van der Waals surface area contributed by atoms with Gasteiger partial charge in [-0.25, -0.2) is 4.98 Å². The van der Waals surface area contributed by atoms with Gasteiger partial charge in [-0.2, -0.15) is 10.1 Å². The molecule has 8 nitrogen and oxygen atoms in total. The zero-order chi connectivity index (χ0) is 19.5. The van der Waals surface area contributed by atoms with Gasteiger partial charge in [0, 0.05) is 47.4 Å². The Morgan fingerprint density at radius 3 is 2.55 bits per heavy atom. The molecule has 6 rings (SSSR count). The van der Waals surface area contributed by atoms with E-state index in [4.69, 9.17) is 14.7 Å². The first-order chi connectivity index (χ1) is 14.2. The number of anilines is 3. The van der Waals surface area contributed by atoms with Crippen LogP contribution in [0.15, 0.2) is 24.3 Å². The monoisotopic (exact) mass is 391 g/mol. The summed E-state index contributed by atoms with van der Waals surface area (Å²) in [6.45, 7) is 1.98. The molecule has 3 aliphatic heterocycles. The lowest BCUT2D eigenvalue weighted by Crippen LogP contribution is -2.73. The highest BCUT2D eigenvalue weighted by Gasteiger charge is 2.54. The van der Waals surface area contributed by atoms with Crippen LogP contribution in [0, 0.1) is 6.92 Å². The second kappa shape index (κ2) is 6.32. The summed E-state index contributed by atoms with van der Waals surface area (Å²) in [5.41, 5.74) is 1.85. The fraction of sp³-hybridized carbons (Fsp3) is 0.476. The van der Waals surface area contributed by atoms with Crippen LogP contribution in [0.1, 0.15) is 31.4 Å². The molecule has 3 saturated heterocycles. The molecule has 3 fully saturated rings. The van der Waals surface area contributed by atoms with E-state index in [1.165, 1.54) is 25.7 Å². The average molecular weight is 391 g/mol. The van der Waals surface area contributed by atoms with Gasteiger partial charge in [-0.15, -0.1) is 0 Å². The van der Waals surface area contributed by atoms with Crippen LogP contribution in [0.5, 0.6) is 5.75 Å². The Bertz CT molecular complexity index is 1060. The summed E-state index contributed by atoms with van der Waals surface area (Å²) in [4.78, 5) is 12.3. The largest absolute Gasteiger partial charge is 0.497 e. The van der Waals surface area contributed by atoms with Crippen molar-refractivity contribution in [3.63, 3.8) is 0 Å². The number of hydrogen-bond acceptors (Lipinski definition) is 7. The molecule has 5 heterocycles. The number of rotatable bonds is 5. The van der Waals surface area contributed by atoms with Crippen LogP contribution in [0.25, 0.3) is 10.9 Å². The number of nitrogens with zero attached hydrogens (tertiary/aromatic N) is 4. The predicted molar refractivity (Wildman–Crippen MR) is 112 cm³/mol. The number of H-pyrrole nitrogens is 1. The molecular formula is C21H25N7O. The second-order valence-corrected chi connectivity index (χ2v) is 8.53. The Morgan fingerprint density at radius 1 is 1.07 bits per heavy atom. The van der Waals surface area contributed by atoms with Crippen molar-refractivity contribution in [2.24, 2.45) is 0 Å². The van der Waals surface area contributed by atoms with Crippen molar-refractivity contribution in [1.29, 1.82) is 0 Å². The molecule has 0 bridgehead atoms. The van der Waals surface area contributed by atoms with Crippen molar-refractivity contribution in [2.75, 3.05) is 17.7 Å². The van der Waals surface area contributed by atoms with E-state index in [1.807, 2.05) is 31.2 Å². The maximum Gasteiger partial charge on any atom is 0.225 e. The molecule has 0 saturated carbocycles. The standard InChI is InChI=1S/C21H25N7O/c1-11-5-19(27-26-11)24-20-17-4-3-16(29-2)10-18(17)23-21(25-20)22-12-6-13-8-15-9-14(7-12)28(13)15/h3-5,10,12-15H,6-9H2,1-2H3,(H3,22,23,24,25,26,27)/t12-,13+,14-,15?. The van der Waals surface area contributed by atoms with Crippen molar-refractivity contribution in [3.8, 4) is 5.75 Å². The number of aromatic amines is 1. The van der Waals surface area contributed by atoms with Crippen molar-refractivity contribution in [3.05, 3.63) is 30.0 Å². The number of aryl methyl sites for hydroxylation is 1.